The Balaban J connectivity index is 2.47. The third-order valence-corrected chi connectivity index (χ3v) is 1.72. The summed E-state index contributed by atoms with van der Waals surface area (Å²) in [5, 5.41) is 5.65. The summed E-state index contributed by atoms with van der Waals surface area (Å²) in [5.41, 5.74) is 1.08. The first kappa shape index (κ1) is 10.7. The average molecular weight is 193 g/mol. The van der Waals surface area contributed by atoms with Crippen LogP contribution in [0.25, 0.3) is 0 Å². The zero-order chi connectivity index (χ0) is 10.4. The van der Waals surface area contributed by atoms with Crippen molar-refractivity contribution in [1.29, 1.82) is 0 Å². The van der Waals surface area contributed by atoms with Gasteiger partial charge in [0.2, 0.25) is 5.91 Å². The van der Waals surface area contributed by atoms with Crippen LogP contribution >= 0.6 is 0 Å². The fraction of sp³-hybridized carbons (Fsp3) is 0.400. The van der Waals surface area contributed by atoms with E-state index in [1.807, 2.05) is 26.0 Å². The van der Waals surface area contributed by atoms with Gasteiger partial charge in [0.25, 0.3) is 0 Å². The van der Waals surface area contributed by atoms with E-state index in [0.29, 0.717) is 12.4 Å². The predicted molar refractivity (Wildman–Crippen MR) is 56.1 cm³/mol. The Morgan fingerprint density at radius 3 is 3.00 bits per heavy atom. The molecule has 76 valence electrons. The van der Waals surface area contributed by atoms with Gasteiger partial charge in [0.1, 0.15) is 5.82 Å². The van der Waals surface area contributed by atoms with Gasteiger partial charge in [-0.25, -0.2) is 4.98 Å². The van der Waals surface area contributed by atoms with Gasteiger partial charge < -0.3 is 10.6 Å². The molecule has 1 rings (SSSR count). The Bertz CT molecular complexity index is 312. The largest absolute Gasteiger partial charge is 0.310 e. The number of hydrogen-bond acceptors (Lipinski definition) is 3. The molecule has 0 saturated carbocycles. The maximum atomic E-state index is 11.3. The number of nitrogens with zero attached hydrogens (tertiary/aromatic N) is 1. The van der Waals surface area contributed by atoms with Crippen LogP contribution in [0.1, 0.15) is 12.5 Å². The highest BCUT2D eigenvalue weighted by atomic mass is 16.1. The summed E-state index contributed by atoms with van der Waals surface area (Å²) >= 11 is 0. The van der Waals surface area contributed by atoms with Gasteiger partial charge in [-0.1, -0.05) is 6.92 Å². The molecule has 0 aliphatic heterocycles. The number of aromatic nitrogens is 1. The number of pyridine rings is 1. The molecule has 0 unspecified atom stereocenters. The molecule has 0 saturated heterocycles. The Hall–Kier alpha value is -1.42. The van der Waals surface area contributed by atoms with E-state index in [4.69, 9.17) is 0 Å². The third-order valence-electron chi connectivity index (χ3n) is 1.72. The van der Waals surface area contributed by atoms with Crippen molar-refractivity contribution in [2.45, 2.75) is 13.8 Å². The lowest BCUT2D eigenvalue weighted by molar-refractivity contribution is -0.115. The maximum Gasteiger partial charge on any atom is 0.239 e. The first-order chi connectivity index (χ1) is 6.72. The summed E-state index contributed by atoms with van der Waals surface area (Å²) < 4.78 is 0. The van der Waals surface area contributed by atoms with Crippen LogP contribution in [-0.4, -0.2) is 24.0 Å². The molecule has 0 aliphatic carbocycles. The fourth-order valence-corrected chi connectivity index (χ4v) is 1.03. The lowest BCUT2D eigenvalue weighted by atomic mass is 10.3. The van der Waals surface area contributed by atoms with Crippen molar-refractivity contribution in [1.82, 2.24) is 10.3 Å². The van der Waals surface area contributed by atoms with Gasteiger partial charge in [-0.15, -0.1) is 0 Å². The molecule has 0 aromatic carbocycles. The van der Waals surface area contributed by atoms with Crippen molar-refractivity contribution in [2.75, 3.05) is 18.4 Å². The molecule has 1 amide bonds. The molecule has 1 heterocycles. The minimum absolute atomic E-state index is 0.0649. The smallest absolute Gasteiger partial charge is 0.239 e. The summed E-state index contributed by atoms with van der Waals surface area (Å²) in [6, 6.07) is 3.73. The first-order valence-electron chi connectivity index (χ1n) is 4.65. The van der Waals surface area contributed by atoms with E-state index in [2.05, 4.69) is 15.6 Å². The van der Waals surface area contributed by atoms with Gasteiger partial charge >= 0.3 is 0 Å². The minimum atomic E-state index is -0.0649. The molecule has 4 heteroatoms. The van der Waals surface area contributed by atoms with Crippen LogP contribution in [0, 0.1) is 6.92 Å². The van der Waals surface area contributed by atoms with Crippen molar-refractivity contribution in [3.63, 3.8) is 0 Å². The Kier molecular flexibility index (Phi) is 4.07. The van der Waals surface area contributed by atoms with E-state index in [-0.39, 0.29) is 5.91 Å². The summed E-state index contributed by atoms with van der Waals surface area (Å²) in [4.78, 5) is 15.3. The molecule has 0 fully saturated rings. The lowest BCUT2D eigenvalue weighted by Crippen LogP contribution is -2.28. The number of amides is 1. The van der Waals surface area contributed by atoms with Crippen molar-refractivity contribution in [3.8, 4) is 0 Å². The van der Waals surface area contributed by atoms with E-state index < -0.39 is 0 Å². The highest BCUT2D eigenvalue weighted by molar-refractivity contribution is 5.91. The van der Waals surface area contributed by atoms with E-state index in [9.17, 15) is 4.79 Å². The van der Waals surface area contributed by atoms with Gasteiger partial charge in [0.05, 0.1) is 6.54 Å². The quantitative estimate of drug-likeness (QED) is 0.748. The van der Waals surface area contributed by atoms with Crippen LogP contribution in [0.4, 0.5) is 5.82 Å². The molecule has 0 aliphatic rings. The Morgan fingerprint density at radius 1 is 1.57 bits per heavy atom. The van der Waals surface area contributed by atoms with Crippen LogP contribution < -0.4 is 10.6 Å². The number of nitrogens with one attached hydrogen (secondary N) is 2. The molecule has 0 spiro atoms. The van der Waals surface area contributed by atoms with Crippen molar-refractivity contribution >= 4 is 11.7 Å². The highest BCUT2D eigenvalue weighted by Gasteiger charge is 2.01. The Labute approximate surface area is 83.7 Å². The number of anilines is 1. The van der Waals surface area contributed by atoms with Gasteiger partial charge in [-0.05, 0) is 31.2 Å². The summed E-state index contributed by atoms with van der Waals surface area (Å²) in [7, 11) is 0. The van der Waals surface area contributed by atoms with Crippen LogP contribution in [-0.2, 0) is 4.79 Å². The van der Waals surface area contributed by atoms with Gasteiger partial charge in [0.15, 0.2) is 0 Å². The topological polar surface area (TPSA) is 54.0 Å². The predicted octanol–water partition coefficient (Wildman–Crippen LogP) is 0.938. The SMILES string of the molecule is CCNCC(=O)Nc1cc(C)ccn1. The molecule has 1 aromatic rings. The normalized spacial score (nSPS) is 9.86. The molecule has 4 nitrogen and oxygen atoms in total. The van der Waals surface area contributed by atoms with Crippen molar-refractivity contribution < 1.29 is 4.79 Å². The zero-order valence-corrected chi connectivity index (χ0v) is 8.50. The number of aryl methyl sites for hydroxylation is 1. The summed E-state index contributed by atoms with van der Waals surface area (Å²) in [6.45, 7) is 5.03. The Morgan fingerprint density at radius 2 is 2.36 bits per heavy atom. The molecule has 0 radical (unpaired) electrons. The van der Waals surface area contributed by atoms with Crippen molar-refractivity contribution in [2.24, 2.45) is 0 Å². The standard InChI is InChI=1S/C10H15N3O/c1-3-11-7-10(14)13-9-6-8(2)4-5-12-9/h4-6,11H,3,7H2,1-2H3,(H,12,13,14). The van der Waals surface area contributed by atoms with E-state index >= 15 is 0 Å². The second kappa shape index (κ2) is 5.34. The average Bonchev–Trinajstić information content (AvgIpc) is 2.15. The molecule has 1 aromatic heterocycles. The zero-order valence-electron chi connectivity index (χ0n) is 8.50. The first-order valence-corrected chi connectivity index (χ1v) is 4.65. The van der Waals surface area contributed by atoms with E-state index in [1.165, 1.54) is 0 Å². The van der Waals surface area contributed by atoms with Gasteiger partial charge in [0, 0.05) is 6.20 Å². The number of carbonyl (C=O) groups is 1. The van der Waals surface area contributed by atoms with E-state index in [1.54, 1.807) is 6.20 Å². The van der Waals surface area contributed by atoms with Crippen LogP contribution in [0.5, 0.6) is 0 Å². The number of carbonyl (C=O) groups excluding carboxylic acids is 1. The number of rotatable bonds is 4. The van der Waals surface area contributed by atoms with Crippen LogP contribution in [0.2, 0.25) is 0 Å². The molecule has 14 heavy (non-hydrogen) atoms. The van der Waals surface area contributed by atoms with E-state index in [0.717, 1.165) is 12.1 Å². The monoisotopic (exact) mass is 193 g/mol. The summed E-state index contributed by atoms with van der Waals surface area (Å²) in [5.74, 6) is 0.540. The molecule has 0 bridgehead atoms. The lowest BCUT2D eigenvalue weighted by Gasteiger charge is -2.04. The van der Waals surface area contributed by atoms with Crippen LogP contribution in [0.3, 0.4) is 0 Å². The fourth-order valence-electron chi connectivity index (χ4n) is 1.03. The number of likely N-dealkylation sites (N-methyl/N-ethyl adjacent to an activating group) is 1. The maximum absolute atomic E-state index is 11.3. The molecular weight excluding hydrogens is 178 g/mol. The number of hydrogen-bond donors (Lipinski definition) is 2. The highest BCUT2D eigenvalue weighted by Crippen LogP contribution is 2.04. The second-order valence-electron chi connectivity index (χ2n) is 3.05. The summed E-state index contributed by atoms with van der Waals surface area (Å²) in [6.07, 6.45) is 1.68. The second-order valence-corrected chi connectivity index (χ2v) is 3.05. The van der Waals surface area contributed by atoms with Crippen LogP contribution in [0.15, 0.2) is 18.3 Å². The van der Waals surface area contributed by atoms with Gasteiger partial charge in [-0.3, -0.25) is 4.79 Å². The minimum Gasteiger partial charge on any atom is -0.310 e. The van der Waals surface area contributed by atoms with Gasteiger partial charge in [-0.2, -0.15) is 0 Å². The molecule has 0 atom stereocenters. The molecular formula is C10H15N3O. The third kappa shape index (κ3) is 3.53. The van der Waals surface area contributed by atoms with Crippen molar-refractivity contribution in [3.05, 3.63) is 23.9 Å². The molecule has 2 N–H and O–H groups in total.